The number of carbonyl (C=O) groups excluding carboxylic acids is 1. The highest BCUT2D eigenvalue weighted by molar-refractivity contribution is 6.67. The van der Waals surface area contributed by atoms with Crippen molar-refractivity contribution < 1.29 is 9.53 Å². The van der Waals surface area contributed by atoms with Gasteiger partial charge in [0.2, 0.25) is 0 Å². The predicted octanol–water partition coefficient (Wildman–Crippen LogP) is 4.95. The van der Waals surface area contributed by atoms with E-state index in [1.54, 1.807) is 17.9 Å². The van der Waals surface area contributed by atoms with E-state index in [4.69, 9.17) is 27.9 Å². The molecule has 128 valence electrons. The summed E-state index contributed by atoms with van der Waals surface area (Å²) in [5.74, 6) is 0.756. The molecule has 1 aromatic heterocycles. The van der Waals surface area contributed by atoms with Crippen molar-refractivity contribution in [2.24, 2.45) is 0 Å². The minimum atomic E-state index is -0.550. The third-order valence-electron chi connectivity index (χ3n) is 3.94. The van der Waals surface area contributed by atoms with E-state index in [0.717, 1.165) is 22.4 Å². The summed E-state index contributed by atoms with van der Waals surface area (Å²) in [6, 6.07) is 14.9. The maximum Gasteiger partial charge on any atom is 0.270 e. The summed E-state index contributed by atoms with van der Waals surface area (Å²) in [6.07, 6.45) is 0. The Hall–Kier alpha value is -2.30. The number of aromatic nitrogens is 2. The summed E-state index contributed by atoms with van der Waals surface area (Å²) >= 11 is 11.9. The summed E-state index contributed by atoms with van der Waals surface area (Å²) in [7, 11) is 1.61. The second-order valence-electron chi connectivity index (χ2n) is 5.66. The monoisotopic (exact) mass is 374 g/mol. The molecule has 0 spiro atoms. The van der Waals surface area contributed by atoms with Crippen molar-refractivity contribution in [3.8, 4) is 17.0 Å². The Morgan fingerprint density at radius 1 is 1.16 bits per heavy atom. The van der Waals surface area contributed by atoms with E-state index >= 15 is 0 Å². The van der Waals surface area contributed by atoms with Crippen LogP contribution in [0.3, 0.4) is 0 Å². The van der Waals surface area contributed by atoms with Gasteiger partial charge in [0, 0.05) is 10.6 Å². The third kappa shape index (κ3) is 3.86. The van der Waals surface area contributed by atoms with Crippen molar-refractivity contribution in [3.63, 3.8) is 0 Å². The molecule has 2 aromatic carbocycles. The number of methoxy groups -OCH3 is 1. The van der Waals surface area contributed by atoms with Crippen LogP contribution in [0.1, 0.15) is 21.6 Å². The molecule has 0 atom stereocenters. The van der Waals surface area contributed by atoms with Gasteiger partial charge in [-0.15, -0.1) is 0 Å². The van der Waals surface area contributed by atoms with Gasteiger partial charge in [-0.3, -0.25) is 9.48 Å². The second-order valence-corrected chi connectivity index (χ2v) is 6.41. The fourth-order valence-corrected chi connectivity index (χ4v) is 2.86. The molecule has 0 saturated carbocycles. The Kier molecular flexibility index (Phi) is 5.11. The Morgan fingerprint density at radius 3 is 2.48 bits per heavy atom. The Balaban J connectivity index is 1.96. The van der Waals surface area contributed by atoms with E-state index in [0.29, 0.717) is 23.0 Å². The fraction of sp³-hybridized carbons (Fsp3) is 0.158. The molecular formula is C19H16Cl2N2O2. The van der Waals surface area contributed by atoms with Gasteiger partial charge >= 0.3 is 0 Å². The molecule has 1 heterocycles. The van der Waals surface area contributed by atoms with Crippen LogP contribution >= 0.6 is 23.2 Å². The van der Waals surface area contributed by atoms with Gasteiger partial charge in [-0.05, 0) is 66.0 Å². The standard InChI is InChI=1S/C19H16Cl2N2O2/c1-12-3-4-13(9-16(12)20)11-23-18(19(21)24)10-17(22-23)14-5-7-15(25-2)8-6-14/h3-10H,11H2,1-2H3. The summed E-state index contributed by atoms with van der Waals surface area (Å²) in [6.45, 7) is 2.35. The van der Waals surface area contributed by atoms with Crippen LogP contribution in [0, 0.1) is 6.92 Å². The van der Waals surface area contributed by atoms with Crippen molar-refractivity contribution in [3.05, 3.63) is 70.4 Å². The average Bonchev–Trinajstić information content (AvgIpc) is 3.02. The average molecular weight is 375 g/mol. The number of hydrogen-bond acceptors (Lipinski definition) is 3. The molecular weight excluding hydrogens is 359 g/mol. The van der Waals surface area contributed by atoms with Gasteiger partial charge in [-0.25, -0.2) is 0 Å². The Labute approximate surface area is 155 Å². The van der Waals surface area contributed by atoms with Crippen LogP contribution in [-0.2, 0) is 6.54 Å². The van der Waals surface area contributed by atoms with Crippen LogP contribution in [-0.4, -0.2) is 22.1 Å². The lowest BCUT2D eigenvalue weighted by Gasteiger charge is -2.07. The molecule has 25 heavy (non-hydrogen) atoms. The van der Waals surface area contributed by atoms with Crippen LogP contribution in [0.15, 0.2) is 48.5 Å². The fourth-order valence-electron chi connectivity index (χ4n) is 2.51. The maximum atomic E-state index is 11.8. The summed E-state index contributed by atoms with van der Waals surface area (Å²) in [4.78, 5) is 11.8. The second kappa shape index (κ2) is 7.30. The molecule has 0 aliphatic heterocycles. The van der Waals surface area contributed by atoms with Gasteiger partial charge < -0.3 is 4.74 Å². The highest BCUT2D eigenvalue weighted by Gasteiger charge is 2.15. The molecule has 3 rings (SSSR count). The lowest BCUT2D eigenvalue weighted by molar-refractivity contribution is 0.107. The first-order valence-corrected chi connectivity index (χ1v) is 8.40. The number of carbonyl (C=O) groups is 1. The zero-order valence-electron chi connectivity index (χ0n) is 13.8. The molecule has 6 heteroatoms. The van der Waals surface area contributed by atoms with Crippen LogP contribution in [0.5, 0.6) is 5.75 Å². The molecule has 3 aromatic rings. The molecule has 0 N–H and O–H groups in total. The predicted molar refractivity (Wildman–Crippen MR) is 99.7 cm³/mol. The van der Waals surface area contributed by atoms with Crippen molar-refractivity contribution >= 4 is 28.4 Å². The van der Waals surface area contributed by atoms with Crippen LogP contribution in [0.25, 0.3) is 11.3 Å². The number of benzene rings is 2. The van der Waals surface area contributed by atoms with E-state index in [1.807, 2.05) is 49.4 Å². The van der Waals surface area contributed by atoms with Crippen molar-refractivity contribution in [2.75, 3.05) is 7.11 Å². The number of ether oxygens (including phenoxy) is 1. The van der Waals surface area contributed by atoms with Crippen molar-refractivity contribution in [1.29, 1.82) is 0 Å². The minimum absolute atomic E-state index is 0.337. The summed E-state index contributed by atoms with van der Waals surface area (Å²) in [5.41, 5.74) is 3.83. The van der Waals surface area contributed by atoms with E-state index in [1.165, 1.54) is 0 Å². The van der Waals surface area contributed by atoms with Crippen molar-refractivity contribution in [2.45, 2.75) is 13.5 Å². The van der Waals surface area contributed by atoms with Gasteiger partial charge in [-0.1, -0.05) is 23.7 Å². The lowest BCUT2D eigenvalue weighted by Crippen LogP contribution is -2.08. The molecule has 0 radical (unpaired) electrons. The quantitative estimate of drug-likeness (QED) is 0.593. The molecule has 0 unspecified atom stereocenters. The summed E-state index contributed by atoms with van der Waals surface area (Å²) in [5, 5.41) is 4.66. The largest absolute Gasteiger partial charge is 0.497 e. The molecule has 0 amide bonds. The first-order valence-electron chi connectivity index (χ1n) is 7.65. The third-order valence-corrected chi connectivity index (χ3v) is 4.54. The van der Waals surface area contributed by atoms with Crippen LogP contribution in [0.2, 0.25) is 5.02 Å². The van der Waals surface area contributed by atoms with Gasteiger partial charge in [-0.2, -0.15) is 5.10 Å². The lowest BCUT2D eigenvalue weighted by atomic mass is 10.1. The number of rotatable bonds is 5. The Morgan fingerprint density at radius 2 is 1.88 bits per heavy atom. The smallest absolute Gasteiger partial charge is 0.270 e. The van der Waals surface area contributed by atoms with Gasteiger partial charge in [0.15, 0.2) is 0 Å². The zero-order chi connectivity index (χ0) is 18.0. The number of hydrogen-bond donors (Lipinski definition) is 0. The van der Waals surface area contributed by atoms with Crippen LogP contribution in [0.4, 0.5) is 0 Å². The maximum absolute atomic E-state index is 11.8. The summed E-state index contributed by atoms with van der Waals surface area (Å²) < 4.78 is 6.75. The van der Waals surface area contributed by atoms with E-state index in [2.05, 4.69) is 5.10 Å². The highest BCUT2D eigenvalue weighted by Crippen LogP contribution is 2.24. The first kappa shape index (κ1) is 17.5. The Bertz CT molecular complexity index is 918. The van der Waals surface area contributed by atoms with Gasteiger partial charge in [0.1, 0.15) is 11.4 Å². The number of aryl methyl sites for hydroxylation is 1. The zero-order valence-corrected chi connectivity index (χ0v) is 15.3. The number of nitrogens with zero attached hydrogens (tertiary/aromatic N) is 2. The van der Waals surface area contributed by atoms with Crippen LogP contribution < -0.4 is 4.74 Å². The molecule has 0 saturated heterocycles. The first-order chi connectivity index (χ1) is 12.0. The SMILES string of the molecule is COc1ccc(-c2cc(C(=O)Cl)n(Cc3ccc(C)c(Cl)c3)n2)cc1. The molecule has 0 fully saturated rings. The van der Waals surface area contributed by atoms with Gasteiger partial charge in [0.25, 0.3) is 5.24 Å². The highest BCUT2D eigenvalue weighted by atomic mass is 35.5. The topological polar surface area (TPSA) is 44.1 Å². The van der Waals surface area contributed by atoms with Gasteiger partial charge in [0.05, 0.1) is 19.3 Å². The molecule has 0 aliphatic rings. The minimum Gasteiger partial charge on any atom is -0.497 e. The normalized spacial score (nSPS) is 10.7. The molecule has 0 aliphatic carbocycles. The van der Waals surface area contributed by atoms with E-state index < -0.39 is 5.24 Å². The van der Waals surface area contributed by atoms with E-state index in [9.17, 15) is 4.79 Å². The molecule has 4 nitrogen and oxygen atoms in total. The molecule has 0 bridgehead atoms. The number of halogens is 2. The van der Waals surface area contributed by atoms with Crippen molar-refractivity contribution in [1.82, 2.24) is 9.78 Å². The van der Waals surface area contributed by atoms with E-state index in [-0.39, 0.29) is 0 Å².